The Hall–Kier alpha value is -0.450. The fourth-order valence-corrected chi connectivity index (χ4v) is 4.24. The van der Waals surface area contributed by atoms with Crippen LogP contribution < -0.4 is 0 Å². The zero-order chi connectivity index (χ0) is 14.1. The quantitative estimate of drug-likeness (QED) is 0.798. The first-order chi connectivity index (χ1) is 9.70. The number of hydrogen-bond acceptors (Lipinski definition) is 4. The fourth-order valence-electron chi connectivity index (χ4n) is 4.24. The molecule has 2 aliphatic heterocycles. The lowest BCUT2D eigenvalue weighted by Crippen LogP contribution is -2.51. The monoisotopic (exact) mass is 282 g/mol. The van der Waals surface area contributed by atoms with Gasteiger partial charge in [-0.3, -0.25) is 4.79 Å². The van der Waals surface area contributed by atoms with Crippen LogP contribution in [0.3, 0.4) is 0 Å². The molecule has 3 rings (SSSR count). The van der Waals surface area contributed by atoms with Gasteiger partial charge in [-0.1, -0.05) is 12.8 Å². The number of ketones is 1. The minimum atomic E-state index is -0.597. The molecule has 4 nitrogen and oxygen atoms in total. The van der Waals surface area contributed by atoms with E-state index in [2.05, 4.69) is 0 Å². The predicted octanol–water partition coefficient (Wildman–Crippen LogP) is 2.49. The van der Waals surface area contributed by atoms with E-state index in [0.717, 1.165) is 32.3 Å². The van der Waals surface area contributed by atoms with Crippen molar-refractivity contribution >= 4 is 5.78 Å². The summed E-state index contributed by atoms with van der Waals surface area (Å²) in [5.74, 6) is 0.415. The van der Waals surface area contributed by atoms with Gasteiger partial charge in [-0.15, -0.1) is 0 Å². The molecule has 2 saturated heterocycles. The Labute approximate surface area is 121 Å². The maximum atomic E-state index is 13.0. The first-order valence-electron chi connectivity index (χ1n) is 8.01. The second kappa shape index (κ2) is 5.74. The third-order valence-electron chi connectivity index (χ3n) is 5.52. The van der Waals surface area contributed by atoms with Crippen LogP contribution >= 0.6 is 0 Å². The number of hydrogen-bond donors (Lipinski definition) is 0. The highest BCUT2D eigenvalue weighted by Gasteiger charge is 2.48. The summed E-state index contributed by atoms with van der Waals surface area (Å²) in [7, 11) is 1.67. The maximum Gasteiger partial charge on any atom is 0.168 e. The standard InChI is InChI=1S/C16H26O4/c1-18-16(7-10-19-11-8-16)14(17)13-4-9-20-15(12-13)5-2-3-6-15/h13H,2-12H2,1H3. The highest BCUT2D eigenvalue weighted by atomic mass is 16.5. The van der Waals surface area contributed by atoms with Gasteiger partial charge in [0.05, 0.1) is 5.60 Å². The smallest absolute Gasteiger partial charge is 0.168 e. The molecule has 1 spiro atoms. The van der Waals surface area contributed by atoms with Gasteiger partial charge in [-0.05, 0) is 25.7 Å². The summed E-state index contributed by atoms with van der Waals surface area (Å²) in [6.07, 6.45) is 7.89. The van der Waals surface area contributed by atoms with Crippen molar-refractivity contribution in [2.24, 2.45) is 5.92 Å². The van der Waals surface area contributed by atoms with Crippen molar-refractivity contribution in [3.63, 3.8) is 0 Å². The van der Waals surface area contributed by atoms with Gasteiger partial charge in [0.15, 0.2) is 5.78 Å². The molecule has 114 valence electrons. The van der Waals surface area contributed by atoms with E-state index < -0.39 is 5.60 Å². The van der Waals surface area contributed by atoms with Crippen LogP contribution in [0.15, 0.2) is 0 Å². The Bertz CT molecular complexity index is 353. The first kappa shape index (κ1) is 14.5. The van der Waals surface area contributed by atoms with E-state index in [-0.39, 0.29) is 11.5 Å². The van der Waals surface area contributed by atoms with E-state index in [1.165, 1.54) is 12.8 Å². The normalized spacial score (nSPS) is 32.4. The molecule has 4 heteroatoms. The first-order valence-corrected chi connectivity index (χ1v) is 8.01. The average molecular weight is 282 g/mol. The van der Waals surface area contributed by atoms with Crippen molar-refractivity contribution in [1.29, 1.82) is 0 Å². The Morgan fingerprint density at radius 1 is 1.10 bits per heavy atom. The van der Waals surface area contributed by atoms with Crippen LogP contribution in [0.2, 0.25) is 0 Å². The highest BCUT2D eigenvalue weighted by molar-refractivity contribution is 5.89. The second-order valence-electron chi connectivity index (χ2n) is 6.60. The van der Waals surface area contributed by atoms with Crippen LogP contribution in [-0.2, 0) is 19.0 Å². The van der Waals surface area contributed by atoms with Crippen LogP contribution in [0.4, 0.5) is 0 Å². The van der Waals surface area contributed by atoms with E-state index in [1.54, 1.807) is 7.11 Å². The number of Topliss-reactive ketones (excluding diaryl/α,β-unsaturated/α-hetero) is 1. The van der Waals surface area contributed by atoms with Crippen molar-refractivity contribution < 1.29 is 19.0 Å². The van der Waals surface area contributed by atoms with Crippen molar-refractivity contribution in [2.75, 3.05) is 26.9 Å². The van der Waals surface area contributed by atoms with Gasteiger partial charge in [0.25, 0.3) is 0 Å². The molecule has 0 radical (unpaired) electrons. The molecule has 0 N–H and O–H groups in total. The molecule has 20 heavy (non-hydrogen) atoms. The van der Waals surface area contributed by atoms with E-state index >= 15 is 0 Å². The average Bonchev–Trinajstić information content (AvgIpc) is 2.95. The van der Waals surface area contributed by atoms with Crippen LogP contribution in [-0.4, -0.2) is 43.9 Å². The molecule has 0 amide bonds. The Morgan fingerprint density at radius 3 is 2.45 bits per heavy atom. The van der Waals surface area contributed by atoms with Gasteiger partial charge in [-0.2, -0.15) is 0 Å². The number of methoxy groups -OCH3 is 1. The number of rotatable bonds is 3. The molecule has 1 saturated carbocycles. The molecule has 2 heterocycles. The fraction of sp³-hybridized carbons (Fsp3) is 0.938. The van der Waals surface area contributed by atoms with Gasteiger partial charge in [0.2, 0.25) is 0 Å². The highest BCUT2D eigenvalue weighted by Crippen LogP contribution is 2.44. The summed E-state index contributed by atoms with van der Waals surface area (Å²) in [6.45, 7) is 1.99. The molecule has 0 aromatic heterocycles. The summed E-state index contributed by atoms with van der Waals surface area (Å²) in [6, 6.07) is 0. The SMILES string of the molecule is COC1(C(=O)C2CCOC3(CCCC3)C2)CCOCC1. The molecule has 3 fully saturated rings. The lowest BCUT2D eigenvalue weighted by atomic mass is 9.75. The van der Waals surface area contributed by atoms with E-state index in [4.69, 9.17) is 14.2 Å². The molecular formula is C16H26O4. The number of carbonyl (C=O) groups is 1. The lowest BCUT2D eigenvalue weighted by Gasteiger charge is -2.42. The zero-order valence-electron chi connectivity index (χ0n) is 12.5. The van der Waals surface area contributed by atoms with E-state index in [1.807, 2.05) is 0 Å². The minimum absolute atomic E-state index is 0.00131. The molecule has 1 atom stereocenters. The van der Waals surface area contributed by atoms with Crippen molar-refractivity contribution in [1.82, 2.24) is 0 Å². The maximum absolute atomic E-state index is 13.0. The van der Waals surface area contributed by atoms with E-state index in [0.29, 0.717) is 31.8 Å². The predicted molar refractivity (Wildman–Crippen MR) is 74.7 cm³/mol. The third kappa shape index (κ3) is 2.53. The lowest BCUT2D eigenvalue weighted by molar-refractivity contribution is -0.166. The van der Waals surface area contributed by atoms with Crippen LogP contribution in [0.5, 0.6) is 0 Å². The summed E-state index contributed by atoms with van der Waals surface area (Å²) in [5.41, 5.74) is -0.598. The molecule has 0 aromatic carbocycles. The second-order valence-corrected chi connectivity index (χ2v) is 6.60. The molecule has 0 bridgehead atoms. The number of carbonyl (C=O) groups excluding carboxylic acids is 1. The van der Waals surface area contributed by atoms with Crippen molar-refractivity contribution in [3.05, 3.63) is 0 Å². The number of ether oxygens (including phenoxy) is 3. The van der Waals surface area contributed by atoms with Crippen LogP contribution in [0.25, 0.3) is 0 Å². The Balaban J connectivity index is 1.72. The Morgan fingerprint density at radius 2 is 1.80 bits per heavy atom. The van der Waals surface area contributed by atoms with Gasteiger partial charge in [0.1, 0.15) is 5.60 Å². The van der Waals surface area contributed by atoms with E-state index in [9.17, 15) is 4.79 Å². The molecular weight excluding hydrogens is 256 g/mol. The summed E-state index contributed by atoms with van der Waals surface area (Å²) in [4.78, 5) is 13.0. The van der Waals surface area contributed by atoms with Crippen LogP contribution in [0.1, 0.15) is 51.4 Å². The molecule has 3 aliphatic rings. The minimum Gasteiger partial charge on any atom is -0.381 e. The third-order valence-corrected chi connectivity index (χ3v) is 5.52. The Kier molecular flexibility index (Phi) is 4.16. The van der Waals surface area contributed by atoms with Gasteiger partial charge < -0.3 is 14.2 Å². The van der Waals surface area contributed by atoms with Crippen molar-refractivity contribution in [3.8, 4) is 0 Å². The molecule has 1 unspecified atom stereocenters. The van der Waals surface area contributed by atoms with Gasteiger partial charge in [-0.25, -0.2) is 0 Å². The molecule has 1 aliphatic carbocycles. The van der Waals surface area contributed by atoms with Gasteiger partial charge in [0, 0.05) is 45.7 Å². The summed E-state index contributed by atoms with van der Waals surface area (Å²) < 4.78 is 17.1. The van der Waals surface area contributed by atoms with Crippen LogP contribution in [0, 0.1) is 5.92 Å². The molecule has 0 aromatic rings. The summed E-state index contributed by atoms with van der Waals surface area (Å²) >= 11 is 0. The topological polar surface area (TPSA) is 44.8 Å². The summed E-state index contributed by atoms with van der Waals surface area (Å²) in [5, 5.41) is 0. The largest absolute Gasteiger partial charge is 0.381 e. The van der Waals surface area contributed by atoms with Gasteiger partial charge >= 0.3 is 0 Å². The zero-order valence-corrected chi connectivity index (χ0v) is 12.5. The van der Waals surface area contributed by atoms with Crippen molar-refractivity contribution in [2.45, 2.75) is 62.6 Å².